The Balaban J connectivity index is 2.25. The molecule has 0 heterocycles. The maximum Gasteiger partial charge on any atom is 0.122 e. The van der Waals surface area contributed by atoms with Gasteiger partial charge in [0.15, 0.2) is 0 Å². The number of hydrogen-bond acceptors (Lipinski definition) is 1. The van der Waals surface area contributed by atoms with Crippen LogP contribution in [-0.2, 0) is 18.7 Å². The molecule has 0 saturated heterocycles. The number of methoxy groups -OCH3 is 1. The first-order chi connectivity index (χ1) is 9.26. The first-order valence-electron chi connectivity index (χ1n) is 6.56. The van der Waals surface area contributed by atoms with Crippen molar-refractivity contribution in [2.75, 3.05) is 7.11 Å². The predicted molar refractivity (Wildman–Crippen MR) is 81.2 cm³/mol. The lowest BCUT2D eigenvalue weighted by atomic mass is 10.0. The van der Waals surface area contributed by atoms with Crippen molar-refractivity contribution in [1.82, 2.24) is 0 Å². The summed E-state index contributed by atoms with van der Waals surface area (Å²) in [6.45, 7) is 2.17. The second kappa shape index (κ2) is 6.63. The van der Waals surface area contributed by atoms with Gasteiger partial charge < -0.3 is 4.74 Å². The minimum Gasteiger partial charge on any atom is -0.496 e. The zero-order chi connectivity index (χ0) is 13.7. The minimum atomic E-state index is 0.533. The fourth-order valence-electron chi connectivity index (χ4n) is 2.17. The first-order valence-corrected chi connectivity index (χ1v) is 7.09. The lowest BCUT2D eigenvalue weighted by Gasteiger charge is -2.10. The van der Waals surface area contributed by atoms with Crippen LogP contribution in [0, 0.1) is 0 Å². The maximum atomic E-state index is 5.90. The number of hydrogen-bond donors (Lipinski definition) is 0. The number of halogens is 1. The van der Waals surface area contributed by atoms with Crippen molar-refractivity contribution in [2.24, 2.45) is 0 Å². The molecule has 2 heteroatoms. The molecule has 0 spiro atoms. The average Bonchev–Trinajstić information content (AvgIpc) is 2.48. The summed E-state index contributed by atoms with van der Waals surface area (Å²) in [7, 11) is 1.71. The number of alkyl halides is 1. The maximum absolute atomic E-state index is 5.90. The molecule has 1 nitrogen and oxygen atoms in total. The number of rotatable bonds is 5. The lowest BCUT2D eigenvalue weighted by molar-refractivity contribution is 0.410. The van der Waals surface area contributed by atoms with Crippen LogP contribution >= 0.6 is 11.6 Å². The molecule has 0 fully saturated rings. The second-order valence-corrected chi connectivity index (χ2v) is 4.89. The minimum absolute atomic E-state index is 0.533. The van der Waals surface area contributed by atoms with Gasteiger partial charge in [-0.2, -0.15) is 0 Å². The molecule has 0 aliphatic rings. The second-order valence-electron chi connectivity index (χ2n) is 4.63. The first kappa shape index (κ1) is 14.0. The molecule has 0 atom stereocenters. The van der Waals surface area contributed by atoms with Crippen LogP contribution in [0.3, 0.4) is 0 Å². The summed E-state index contributed by atoms with van der Waals surface area (Å²) in [5.41, 5.74) is 4.97. The predicted octanol–water partition coefficient (Wildman–Crippen LogP) is 4.59. The van der Waals surface area contributed by atoms with E-state index in [1.54, 1.807) is 7.11 Å². The Kier molecular flexibility index (Phi) is 4.86. The molecule has 0 amide bonds. The molecule has 0 aromatic heterocycles. The SMILES string of the molecule is CCc1ccc(Cc2cc(CCl)ccc2OC)cc1. The van der Waals surface area contributed by atoms with E-state index in [1.165, 1.54) is 16.7 Å². The zero-order valence-electron chi connectivity index (χ0n) is 11.4. The van der Waals surface area contributed by atoms with E-state index in [-0.39, 0.29) is 0 Å². The van der Waals surface area contributed by atoms with Gasteiger partial charge in [-0.15, -0.1) is 11.6 Å². The lowest BCUT2D eigenvalue weighted by Crippen LogP contribution is -1.95. The summed E-state index contributed by atoms with van der Waals surface area (Å²) >= 11 is 5.90. The van der Waals surface area contributed by atoms with Gasteiger partial charge in [0, 0.05) is 12.3 Å². The third kappa shape index (κ3) is 3.51. The van der Waals surface area contributed by atoms with E-state index in [4.69, 9.17) is 16.3 Å². The van der Waals surface area contributed by atoms with E-state index < -0.39 is 0 Å². The Bertz CT molecular complexity index is 531. The van der Waals surface area contributed by atoms with Crippen LogP contribution < -0.4 is 4.74 Å². The third-order valence-corrected chi connectivity index (χ3v) is 3.63. The average molecular weight is 275 g/mol. The summed E-state index contributed by atoms with van der Waals surface area (Å²) in [5.74, 6) is 1.46. The highest BCUT2D eigenvalue weighted by molar-refractivity contribution is 6.17. The molecule has 0 bridgehead atoms. The van der Waals surface area contributed by atoms with E-state index >= 15 is 0 Å². The van der Waals surface area contributed by atoms with Gasteiger partial charge >= 0.3 is 0 Å². The molecular formula is C17H19ClO. The molecule has 0 radical (unpaired) electrons. The Morgan fingerprint density at radius 3 is 2.16 bits per heavy atom. The highest BCUT2D eigenvalue weighted by Gasteiger charge is 2.05. The summed E-state index contributed by atoms with van der Waals surface area (Å²) in [4.78, 5) is 0. The van der Waals surface area contributed by atoms with Crippen LogP contribution in [0.25, 0.3) is 0 Å². The standard InChI is InChI=1S/C17H19ClO/c1-3-13-4-6-14(7-5-13)10-16-11-15(12-18)8-9-17(16)19-2/h4-9,11H,3,10,12H2,1-2H3. The molecule has 2 aromatic carbocycles. The normalized spacial score (nSPS) is 10.5. The molecule has 0 N–H and O–H groups in total. The van der Waals surface area contributed by atoms with Gasteiger partial charge in [0.25, 0.3) is 0 Å². The molecule has 2 rings (SSSR count). The molecule has 100 valence electrons. The van der Waals surface area contributed by atoms with E-state index in [0.717, 1.165) is 24.2 Å². The fraction of sp³-hybridized carbons (Fsp3) is 0.294. The molecule has 2 aromatic rings. The summed E-state index contributed by atoms with van der Waals surface area (Å²) in [6.07, 6.45) is 1.95. The van der Waals surface area contributed by atoms with Crippen molar-refractivity contribution in [3.05, 3.63) is 64.7 Å². The number of benzene rings is 2. The van der Waals surface area contributed by atoms with Gasteiger partial charge in [0.1, 0.15) is 5.75 Å². The van der Waals surface area contributed by atoms with Crippen molar-refractivity contribution in [3.63, 3.8) is 0 Å². The van der Waals surface area contributed by atoms with Crippen molar-refractivity contribution in [3.8, 4) is 5.75 Å². The number of aryl methyl sites for hydroxylation is 1. The topological polar surface area (TPSA) is 9.23 Å². The Morgan fingerprint density at radius 1 is 0.947 bits per heavy atom. The molecule has 19 heavy (non-hydrogen) atoms. The summed E-state index contributed by atoms with van der Waals surface area (Å²) in [5, 5.41) is 0. The summed E-state index contributed by atoms with van der Waals surface area (Å²) < 4.78 is 5.42. The molecule has 0 aliphatic heterocycles. The monoisotopic (exact) mass is 274 g/mol. The van der Waals surface area contributed by atoms with E-state index in [0.29, 0.717) is 5.88 Å². The molecule has 0 saturated carbocycles. The summed E-state index contributed by atoms with van der Waals surface area (Å²) in [6, 6.07) is 14.9. The van der Waals surface area contributed by atoms with Gasteiger partial charge in [-0.05, 0) is 34.7 Å². The van der Waals surface area contributed by atoms with E-state index in [1.807, 2.05) is 12.1 Å². The van der Waals surface area contributed by atoms with Crippen LogP contribution in [0.4, 0.5) is 0 Å². The zero-order valence-corrected chi connectivity index (χ0v) is 12.2. The van der Waals surface area contributed by atoms with Gasteiger partial charge in [-0.25, -0.2) is 0 Å². The van der Waals surface area contributed by atoms with Gasteiger partial charge in [0.05, 0.1) is 7.11 Å². The van der Waals surface area contributed by atoms with Gasteiger partial charge in [-0.3, -0.25) is 0 Å². The van der Waals surface area contributed by atoms with Crippen LogP contribution in [0.5, 0.6) is 5.75 Å². The van der Waals surface area contributed by atoms with Crippen molar-refractivity contribution in [1.29, 1.82) is 0 Å². The van der Waals surface area contributed by atoms with E-state index in [2.05, 4.69) is 37.3 Å². The highest BCUT2D eigenvalue weighted by atomic mass is 35.5. The Labute approximate surface area is 120 Å². The van der Waals surface area contributed by atoms with Crippen molar-refractivity contribution < 1.29 is 4.74 Å². The largest absolute Gasteiger partial charge is 0.496 e. The van der Waals surface area contributed by atoms with Crippen LogP contribution in [0.15, 0.2) is 42.5 Å². The van der Waals surface area contributed by atoms with E-state index in [9.17, 15) is 0 Å². The van der Waals surface area contributed by atoms with Crippen molar-refractivity contribution >= 4 is 11.6 Å². The quantitative estimate of drug-likeness (QED) is 0.725. The third-order valence-electron chi connectivity index (χ3n) is 3.32. The Hall–Kier alpha value is -1.47. The fourth-order valence-corrected chi connectivity index (χ4v) is 2.33. The Morgan fingerprint density at radius 2 is 1.58 bits per heavy atom. The van der Waals surface area contributed by atoms with Crippen LogP contribution in [-0.4, -0.2) is 7.11 Å². The van der Waals surface area contributed by atoms with Crippen molar-refractivity contribution in [2.45, 2.75) is 25.6 Å². The number of ether oxygens (including phenoxy) is 1. The van der Waals surface area contributed by atoms with Crippen LogP contribution in [0.1, 0.15) is 29.2 Å². The molecular weight excluding hydrogens is 256 g/mol. The molecule has 0 aliphatic carbocycles. The van der Waals surface area contributed by atoms with Crippen LogP contribution in [0.2, 0.25) is 0 Å². The molecule has 0 unspecified atom stereocenters. The smallest absolute Gasteiger partial charge is 0.122 e. The van der Waals surface area contributed by atoms with Gasteiger partial charge in [0.2, 0.25) is 0 Å². The highest BCUT2D eigenvalue weighted by Crippen LogP contribution is 2.24. The van der Waals surface area contributed by atoms with Gasteiger partial charge in [-0.1, -0.05) is 43.3 Å².